The first-order chi connectivity index (χ1) is 9.92. The third-order valence-corrected chi connectivity index (χ3v) is 3.33. The number of anilines is 1. The van der Waals surface area contributed by atoms with Crippen molar-refractivity contribution in [2.45, 2.75) is 25.9 Å². The van der Waals surface area contributed by atoms with E-state index in [1.165, 1.54) is 5.56 Å². The number of hydrogen-bond acceptors (Lipinski definition) is 4. The van der Waals surface area contributed by atoms with Crippen LogP contribution in [-0.2, 0) is 12.0 Å². The monoisotopic (exact) mass is 287 g/mol. The lowest BCUT2D eigenvalue weighted by Crippen LogP contribution is -2.12. The average Bonchev–Trinajstić information content (AvgIpc) is 2.49. The van der Waals surface area contributed by atoms with Gasteiger partial charge in [-0.05, 0) is 11.1 Å². The maximum absolute atomic E-state index is 12.9. The van der Waals surface area contributed by atoms with Crippen molar-refractivity contribution in [3.63, 3.8) is 0 Å². The Labute approximate surface area is 123 Å². The molecule has 1 aromatic carbocycles. The van der Waals surface area contributed by atoms with Crippen molar-refractivity contribution in [3.05, 3.63) is 60.1 Å². The molecule has 0 aliphatic heterocycles. The molecule has 0 aliphatic carbocycles. The van der Waals surface area contributed by atoms with Crippen molar-refractivity contribution in [1.29, 1.82) is 0 Å². The lowest BCUT2D eigenvalue weighted by molar-refractivity contribution is 0.280. The Bertz CT molecular complexity index is 638. The highest BCUT2D eigenvalue weighted by atomic mass is 19.1. The molecule has 2 aromatic rings. The van der Waals surface area contributed by atoms with Gasteiger partial charge < -0.3 is 10.5 Å². The zero-order chi connectivity index (χ0) is 15.5. The molecule has 2 rings (SSSR count). The summed E-state index contributed by atoms with van der Waals surface area (Å²) in [5, 5.41) is 0. The standard InChI is InChI=1S/C16H18FN3O/c1-4-16(2,3)12-7-5-11(6-8-12)10-21-15-19-9-13(17)14(18)20-15/h4-9H,1,10H2,2-3H3,(H2,18,19,20). The van der Waals surface area contributed by atoms with Gasteiger partial charge in [-0.3, -0.25) is 0 Å². The number of rotatable bonds is 5. The number of halogens is 1. The van der Waals surface area contributed by atoms with Crippen LogP contribution in [-0.4, -0.2) is 9.97 Å². The van der Waals surface area contributed by atoms with Crippen LogP contribution >= 0.6 is 0 Å². The lowest BCUT2D eigenvalue weighted by atomic mass is 9.85. The van der Waals surface area contributed by atoms with E-state index in [-0.39, 0.29) is 17.2 Å². The molecule has 0 amide bonds. The van der Waals surface area contributed by atoms with Gasteiger partial charge in [0.2, 0.25) is 0 Å². The number of nitrogens with zero attached hydrogens (tertiary/aromatic N) is 2. The summed E-state index contributed by atoms with van der Waals surface area (Å²) in [6, 6.07) is 8.05. The smallest absolute Gasteiger partial charge is 0.318 e. The van der Waals surface area contributed by atoms with Crippen LogP contribution < -0.4 is 10.5 Å². The largest absolute Gasteiger partial charge is 0.459 e. The van der Waals surface area contributed by atoms with Gasteiger partial charge in [-0.1, -0.05) is 44.2 Å². The topological polar surface area (TPSA) is 61.0 Å². The first kappa shape index (κ1) is 15.0. The van der Waals surface area contributed by atoms with Crippen LogP contribution in [0.4, 0.5) is 10.2 Å². The number of nitrogen functional groups attached to an aromatic ring is 1. The van der Waals surface area contributed by atoms with Crippen molar-refractivity contribution < 1.29 is 9.13 Å². The van der Waals surface area contributed by atoms with E-state index >= 15 is 0 Å². The molecule has 0 fully saturated rings. The predicted octanol–water partition coefficient (Wildman–Crippen LogP) is 3.24. The summed E-state index contributed by atoms with van der Waals surface area (Å²) in [5.74, 6) is -0.874. The second kappa shape index (κ2) is 5.91. The summed E-state index contributed by atoms with van der Waals surface area (Å²) in [5.41, 5.74) is 7.41. The lowest BCUT2D eigenvalue weighted by Gasteiger charge is -2.20. The van der Waals surface area contributed by atoms with E-state index in [0.717, 1.165) is 11.8 Å². The van der Waals surface area contributed by atoms with E-state index in [1.807, 2.05) is 30.3 Å². The zero-order valence-electron chi connectivity index (χ0n) is 12.1. The first-order valence-corrected chi connectivity index (χ1v) is 6.56. The van der Waals surface area contributed by atoms with Crippen molar-refractivity contribution in [3.8, 4) is 6.01 Å². The summed E-state index contributed by atoms with van der Waals surface area (Å²) in [6.45, 7) is 8.33. The van der Waals surface area contributed by atoms with Gasteiger partial charge in [0, 0.05) is 5.41 Å². The highest BCUT2D eigenvalue weighted by Gasteiger charge is 2.15. The second-order valence-electron chi connectivity index (χ2n) is 5.30. The third-order valence-electron chi connectivity index (χ3n) is 3.33. The van der Waals surface area contributed by atoms with Gasteiger partial charge in [0.05, 0.1) is 6.20 Å². The minimum atomic E-state index is -0.654. The maximum atomic E-state index is 12.9. The molecular weight excluding hydrogens is 269 g/mol. The molecule has 110 valence electrons. The summed E-state index contributed by atoms with van der Waals surface area (Å²) in [4.78, 5) is 7.44. The Kier molecular flexibility index (Phi) is 4.21. The Morgan fingerprint density at radius 1 is 1.33 bits per heavy atom. The Hall–Kier alpha value is -2.43. The molecular formula is C16H18FN3O. The molecule has 0 saturated heterocycles. The van der Waals surface area contributed by atoms with E-state index in [0.29, 0.717) is 6.61 Å². The normalized spacial score (nSPS) is 11.2. The van der Waals surface area contributed by atoms with Crippen LogP contribution in [0.1, 0.15) is 25.0 Å². The van der Waals surface area contributed by atoms with Crippen molar-refractivity contribution in [2.24, 2.45) is 0 Å². The van der Waals surface area contributed by atoms with Crippen molar-refractivity contribution >= 4 is 5.82 Å². The van der Waals surface area contributed by atoms with E-state index in [9.17, 15) is 4.39 Å². The number of benzene rings is 1. The number of ether oxygens (including phenoxy) is 1. The van der Waals surface area contributed by atoms with Crippen LogP contribution in [0.2, 0.25) is 0 Å². The summed E-state index contributed by atoms with van der Waals surface area (Å²) >= 11 is 0. The number of allylic oxidation sites excluding steroid dienone is 1. The minimum Gasteiger partial charge on any atom is -0.459 e. The van der Waals surface area contributed by atoms with E-state index < -0.39 is 5.82 Å². The highest BCUT2D eigenvalue weighted by Crippen LogP contribution is 2.24. The number of nitrogens with two attached hydrogens (primary N) is 1. The number of hydrogen-bond donors (Lipinski definition) is 1. The van der Waals surface area contributed by atoms with Gasteiger partial charge >= 0.3 is 6.01 Å². The Morgan fingerprint density at radius 3 is 2.57 bits per heavy atom. The molecule has 1 aromatic heterocycles. The Morgan fingerprint density at radius 2 is 2.00 bits per heavy atom. The molecule has 0 aliphatic rings. The fraction of sp³-hybridized carbons (Fsp3) is 0.250. The van der Waals surface area contributed by atoms with E-state index in [4.69, 9.17) is 10.5 Å². The molecule has 0 radical (unpaired) electrons. The van der Waals surface area contributed by atoms with Crippen LogP contribution in [0.3, 0.4) is 0 Å². The van der Waals surface area contributed by atoms with Crippen LogP contribution in [0.5, 0.6) is 6.01 Å². The van der Waals surface area contributed by atoms with Crippen LogP contribution in [0, 0.1) is 5.82 Å². The third kappa shape index (κ3) is 3.56. The minimum absolute atomic E-state index is 0.0596. The fourth-order valence-electron chi connectivity index (χ4n) is 1.73. The average molecular weight is 287 g/mol. The SMILES string of the molecule is C=CC(C)(C)c1ccc(COc2ncc(F)c(N)n2)cc1. The van der Waals surface area contributed by atoms with Gasteiger partial charge in [0.15, 0.2) is 11.6 Å². The van der Waals surface area contributed by atoms with Gasteiger partial charge in [-0.2, -0.15) is 4.98 Å². The molecule has 0 saturated carbocycles. The van der Waals surface area contributed by atoms with Crippen molar-refractivity contribution in [2.75, 3.05) is 5.73 Å². The predicted molar refractivity (Wildman–Crippen MR) is 80.4 cm³/mol. The fourth-order valence-corrected chi connectivity index (χ4v) is 1.73. The van der Waals surface area contributed by atoms with Gasteiger partial charge in [0.1, 0.15) is 6.61 Å². The molecule has 2 N–H and O–H groups in total. The quantitative estimate of drug-likeness (QED) is 0.858. The van der Waals surface area contributed by atoms with E-state index in [1.54, 1.807) is 0 Å². The van der Waals surface area contributed by atoms with Gasteiger partial charge in [-0.25, -0.2) is 9.37 Å². The van der Waals surface area contributed by atoms with Gasteiger partial charge in [-0.15, -0.1) is 6.58 Å². The first-order valence-electron chi connectivity index (χ1n) is 6.56. The van der Waals surface area contributed by atoms with Crippen molar-refractivity contribution in [1.82, 2.24) is 9.97 Å². The number of aromatic nitrogens is 2. The molecule has 0 unspecified atom stereocenters. The summed E-state index contributed by atoms with van der Waals surface area (Å²) in [6.07, 6.45) is 2.90. The maximum Gasteiger partial charge on any atom is 0.318 e. The van der Waals surface area contributed by atoms with Gasteiger partial charge in [0.25, 0.3) is 0 Å². The molecule has 1 heterocycles. The summed E-state index contributed by atoms with van der Waals surface area (Å²) in [7, 11) is 0. The second-order valence-corrected chi connectivity index (χ2v) is 5.30. The van der Waals surface area contributed by atoms with Crippen LogP contribution in [0.25, 0.3) is 0 Å². The van der Waals surface area contributed by atoms with Crippen LogP contribution in [0.15, 0.2) is 43.1 Å². The molecule has 0 spiro atoms. The molecule has 5 heteroatoms. The van der Waals surface area contributed by atoms with E-state index in [2.05, 4.69) is 30.4 Å². The Balaban J connectivity index is 2.04. The summed E-state index contributed by atoms with van der Waals surface area (Å²) < 4.78 is 18.3. The molecule has 0 bridgehead atoms. The molecule has 21 heavy (non-hydrogen) atoms. The zero-order valence-corrected chi connectivity index (χ0v) is 12.1. The highest BCUT2D eigenvalue weighted by molar-refractivity contribution is 5.31. The molecule has 4 nitrogen and oxygen atoms in total. The molecule has 0 atom stereocenters.